The summed E-state index contributed by atoms with van der Waals surface area (Å²) >= 11 is 1.58. The van der Waals surface area contributed by atoms with Crippen molar-refractivity contribution in [3.05, 3.63) is 41.7 Å². The average Bonchev–Trinajstić information content (AvgIpc) is 3.26. The first-order valence-electron chi connectivity index (χ1n) is 10.6. The second-order valence-electron chi connectivity index (χ2n) is 8.46. The summed E-state index contributed by atoms with van der Waals surface area (Å²) in [6.07, 6.45) is 7.04. The number of carbonyl (C=O) groups is 1. The van der Waals surface area contributed by atoms with Crippen LogP contribution in [0.4, 0.5) is 0 Å². The minimum Gasteiger partial charge on any atom is -0.352 e. The lowest BCUT2D eigenvalue weighted by atomic mass is 10.1. The van der Waals surface area contributed by atoms with E-state index in [9.17, 15) is 4.79 Å². The van der Waals surface area contributed by atoms with Gasteiger partial charge in [0.25, 0.3) is 0 Å². The molecule has 1 heterocycles. The Hall–Kier alpha value is -1.82. The van der Waals surface area contributed by atoms with Crippen LogP contribution in [0.5, 0.6) is 0 Å². The summed E-state index contributed by atoms with van der Waals surface area (Å²) in [5, 5.41) is 13.0. The molecule has 0 aliphatic heterocycles. The van der Waals surface area contributed by atoms with Gasteiger partial charge in [-0.2, -0.15) is 0 Å². The van der Waals surface area contributed by atoms with Crippen LogP contribution in [0.2, 0.25) is 0 Å². The van der Waals surface area contributed by atoms with Crippen LogP contribution >= 0.6 is 11.8 Å². The van der Waals surface area contributed by atoms with E-state index in [-0.39, 0.29) is 17.1 Å². The largest absolute Gasteiger partial charge is 0.352 e. The van der Waals surface area contributed by atoms with Crippen LogP contribution in [0.3, 0.4) is 0 Å². The van der Waals surface area contributed by atoms with Crippen LogP contribution in [0.1, 0.15) is 69.7 Å². The van der Waals surface area contributed by atoms with Crippen LogP contribution in [0.25, 0.3) is 0 Å². The molecule has 5 nitrogen and oxygen atoms in total. The van der Waals surface area contributed by atoms with E-state index in [0.717, 1.165) is 30.4 Å². The van der Waals surface area contributed by atoms with Crippen molar-refractivity contribution >= 4 is 17.7 Å². The number of rotatable bonds is 8. The smallest absolute Gasteiger partial charge is 0.234 e. The van der Waals surface area contributed by atoms with E-state index in [0.29, 0.717) is 12.0 Å². The predicted molar refractivity (Wildman–Crippen MR) is 112 cm³/mol. The molecule has 2 aliphatic carbocycles. The Labute approximate surface area is 171 Å². The van der Waals surface area contributed by atoms with Gasteiger partial charge in [0.15, 0.2) is 5.16 Å². The summed E-state index contributed by atoms with van der Waals surface area (Å²) in [7, 11) is 0. The summed E-state index contributed by atoms with van der Waals surface area (Å²) in [4.78, 5) is 13.0. The average molecular weight is 399 g/mol. The third-order valence-corrected chi connectivity index (χ3v) is 7.19. The van der Waals surface area contributed by atoms with Gasteiger partial charge in [-0.25, -0.2) is 0 Å². The lowest BCUT2D eigenvalue weighted by Gasteiger charge is -2.22. The molecule has 4 rings (SSSR count). The van der Waals surface area contributed by atoms with E-state index < -0.39 is 0 Å². The highest BCUT2D eigenvalue weighted by molar-refractivity contribution is 8.00. The van der Waals surface area contributed by atoms with Crippen LogP contribution in [-0.2, 0) is 11.3 Å². The van der Waals surface area contributed by atoms with Crippen LogP contribution in [0.15, 0.2) is 35.5 Å². The molecule has 28 heavy (non-hydrogen) atoms. The van der Waals surface area contributed by atoms with Gasteiger partial charge >= 0.3 is 0 Å². The molecule has 1 unspecified atom stereocenters. The number of nitrogens with one attached hydrogen (secondary N) is 1. The van der Waals surface area contributed by atoms with Gasteiger partial charge < -0.3 is 9.88 Å². The molecule has 2 aromatic rings. The number of amides is 1. The molecule has 0 spiro atoms. The fourth-order valence-electron chi connectivity index (χ4n) is 3.90. The van der Waals surface area contributed by atoms with E-state index in [2.05, 4.69) is 58.2 Å². The van der Waals surface area contributed by atoms with Crippen molar-refractivity contribution in [2.24, 2.45) is 5.92 Å². The van der Waals surface area contributed by atoms with Crippen molar-refractivity contribution in [3.63, 3.8) is 0 Å². The standard InChI is InChI=1S/C22H30N4OS/c1-15(2)19(21(27)23-18-10-6-7-11-18)28-22-25-24-20(17-12-13-17)26(22)14-16-8-4-3-5-9-16/h3-5,8-9,15,17-19H,6-7,10-14H2,1-2H3,(H,23,27). The molecular formula is C22H30N4OS. The molecule has 0 bridgehead atoms. The topological polar surface area (TPSA) is 59.8 Å². The van der Waals surface area contributed by atoms with Crippen molar-refractivity contribution in [3.8, 4) is 0 Å². The molecule has 6 heteroatoms. The summed E-state index contributed by atoms with van der Waals surface area (Å²) in [5.41, 5.74) is 1.24. The van der Waals surface area contributed by atoms with E-state index in [1.165, 1.54) is 31.2 Å². The van der Waals surface area contributed by atoms with Crippen molar-refractivity contribution in [2.45, 2.75) is 81.3 Å². The number of benzene rings is 1. The lowest BCUT2D eigenvalue weighted by molar-refractivity contribution is -0.121. The van der Waals surface area contributed by atoms with Gasteiger partial charge in [-0.3, -0.25) is 4.79 Å². The first kappa shape index (κ1) is 19.5. The maximum absolute atomic E-state index is 13.0. The van der Waals surface area contributed by atoms with Crippen molar-refractivity contribution in [2.75, 3.05) is 0 Å². The first-order valence-corrected chi connectivity index (χ1v) is 11.4. The summed E-state index contributed by atoms with van der Waals surface area (Å²) in [6, 6.07) is 10.8. The molecule has 2 aliphatic rings. The summed E-state index contributed by atoms with van der Waals surface area (Å²) in [6.45, 7) is 4.99. The van der Waals surface area contributed by atoms with Crippen LogP contribution in [-0.4, -0.2) is 32.0 Å². The quantitative estimate of drug-likeness (QED) is 0.671. The van der Waals surface area contributed by atoms with Gasteiger partial charge in [0.05, 0.1) is 11.8 Å². The maximum Gasteiger partial charge on any atom is 0.234 e. The Kier molecular flexibility index (Phi) is 6.04. The molecule has 0 saturated heterocycles. The molecule has 150 valence electrons. The zero-order valence-electron chi connectivity index (χ0n) is 16.8. The minimum absolute atomic E-state index is 0.147. The van der Waals surface area contributed by atoms with Gasteiger partial charge in [0, 0.05) is 12.0 Å². The first-order chi connectivity index (χ1) is 13.6. The molecule has 0 radical (unpaired) electrons. The lowest BCUT2D eigenvalue weighted by Crippen LogP contribution is -2.41. The zero-order chi connectivity index (χ0) is 19.5. The van der Waals surface area contributed by atoms with Gasteiger partial charge in [-0.1, -0.05) is 68.8 Å². The maximum atomic E-state index is 13.0. The van der Waals surface area contributed by atoms with Crippen LogP contribution in [0, 0.1) is 5.92 Å². The van der Waals surface area contributed by atoms with Crippen molar-refractivity contribution in [1.29, 1.82) is 0 Å². The van der Waals surface area contributed by atoms with E-state index in [1.54, 1.807) is 11.8 Å². The Balaban J connectivity index is 1.54. The Bertz CT molecular complexity index is 794. The molecule has 1 aromatic heterocycles. The number of aromatic nitrogens is 3. The molecule has 2 fully saturated rings. The highest BCUT2D eigenvalue weighted by Crippen LogP contribution is 2.41. The Morgan fingerprint density at radius 1 is 1.14 bits per heavy atom. The van der Waals surface area contributed by atoms with Crippen molar-refractivity contribution < 1.29 is 4.79 Å². The number of hydrogen-bond acceptors (Lipinski definition) is 4. The van der Waals surface area contributed by atoms with Gasteiger partial charge in [0.1, 0.15) is 5.82 Å². The third kappa shape index (κ3) is 4.59. The predicted octanol–water partition coefficient (Wildman–Crippen LogP) is 4.38. The number of nitrogens with zero attached hydrogens (tertiary/aromatic N) is 3. The Morgan fingerprint density at radius 2 is 1.86 bits per heavy atom. The van der Waals surface area contributed by atoms with E-state index in [1.807, 2.05) is 6.07 Å². The number of thioether (sulfide) groups is 1. The van der Waals surface area contributed by atoms with E-state index in [4.69, 9.17) is 0 Å². The van der Waals surface area contributed by atoms with E-state index >= 15 is 0 Å². The SMILES string of the molecule is CC(C)C(Sc1nnc(C2CC2)n1Cc1ccccc1)C(=O)NC1CCCC1. The van der Waals surface area contributed by atoms with Gasteiger partial charge in [0.2, 0.25) is 5.91 Å². The molecule has 1 N–H and O–H groups in total. The van der Waals surface area contributed by atoms with Gasteiger partial charge in [-0.15, -0.1) is 10.2 Å². The normalized spacial score (nSPS) is 18.5. The Morgan fingerprint density at radius 3 is 2.50 bits per heavy atom. The van der Waals surface area contributed by atoms with Crippen molar-refractivity contribution in [1.82, 2.24) is 20.1 Å². The number of carbonyl (C=O) groups excluding carboxylic acids is 1. The third-order valence-electron chi connectivity index (χ3n) is 5.67. The molecule has 2 saturated carbocycles. The molecule has 1 atom stereocenters. The van der Waals surface area contributed by atoms with Gasteiger partial charge in [-0.05, 0) is 37.2 Å². The second kappa shape index (κ2) is 8.68. The fraction of sp³-hybridized carbons (Fsp3) is 0.591. The number of hydrogen-bond donors (Lipinski definition) is 1. The molecule has 1 amide bonds. The second-order valence-corrected chi connectivity index (χ2v) is 9.57. The highest BCUT2D eigenvalue weighted by Gasteiger charge is 2.33. The summed E-state index contributed by atoms with van der Waals surface area (Å²) in [5.74, 6) is 1.98. The fourth-order valence-corrected chi connectivity index (χ4v) is 4.95. The monoisotopic (exact) mass is 398 g/mol. The van der Waals surface area contributed by atoms with Crippen LogP contribution < -0.4 is 5.32 Å². The molecule has 1 aromatic carbocycles. The zero-order valence-corrected chi connectivity index (χ0v) is 17.6. The highest BCUT2D eigenvalue weighted by atomic mass is 32.2. The minimum atomic E-state index is -0.147. The summed E-state index contributed by atoms with van der Waals surface area (Å²) < 4.78 is 2.23. The molecular weight excluding hydrogens is 368 g/mol.